The summed E-state index contributed by atoms with van der Waals surface area (Å²) in [6.45, 7) is 7.84. The second-order valence-electron chi connectivity index (χ2n) is 3.39. The summed E-state index contributed by atoms with van der Waals surface area (Å²) in [5, 5.41) is 8.70. The molecule has 0 rings (SSSR count). The molecule has 0 aliphatic rings. The molecule has 0 amide bonds. The third-order valence-electron chi connectivity index (χ3n) is 1.91. The Balaban J connectivity index is 4.00. The van der Waals surface area contributed by atoms with Crippen molar-refractivity contribution in [2.75, 3.05) is 13.2 Å². The molecular formula is C12H20O4. The summed E-state index contributed by atoms with van der Waals surface area (Å²) >= 11 is 0. The van der Waals surface area contributed by atoms with E-state index in [1.165, 1.54) is 12.3 Å². The molecule has 92 valence electrons. The lowest BCUT2D eigenvalue weighted by Gasteiger charge is -2.15. The van der Waals surface area contributed by atoms with Gasteiger partial charge in [0, 0.05) is 6.61 Å². The fraction of sp³-hybridized carbons (Fsp3) is 0.583. The second-order valence-corrected chi connectivity index (χ2v) is 3.39. The summed E-state index contributed by atoms with van der Waals surface area (Å²) in [5.74, 6) is -0.426. The largest absolute Gasteiger partial charge is 0.493 e. The highest BCUT2D eigenvalue weighted by molar-refractivity contribution is 5.81. The summed E-state index contributed by atoms with van der Waals surface area (Å²) in [6, 6.07) is 0. The molecule has 0 radical (unpaired) electrons. The molecule has 0 aromatic heterocycles. The SMILES string of the molecule is C=C(C)C(CCCO)O/C=C/C(=O)OCC. The fourth-order valence-corrected chi connectivity index (χ4v) is 1.09. The highest BCUT2D eigenvalue weighted by Gasteiger charge is 2.08. The molecule has 0 aliphatic heterocycles. The number of hydrogen-bond donors (Lipinski definition) is 1. The van der Waals surface area contributed by atoms with Crippen molar-refractivity contribution in [3.63, 3.8) is 0 Å². The van der Waals surface area contributed by atoms with Crippen molar-refractivity contribution in [3.8, 4) is 0 Å². The van der Waals surface area contributed by atoms with Crippen LogP contribution in [0, 0.1) is 0 Å². The number of rotatable bonds is 8. The van der Waals surface area contributed by atoms with Crippen molar-refractivity contribution in [2.45, 2.75) is 32.8 Å². The van der Waals surface area contributed by atoms with Gasteiger partial charge in [-0.15, -0.1) is 0 Å². The molecular weight excluding hydrogens is 208 g/mol. The smallest absolute Gasteiger partial charge is 0.333 e. The topological polar surface area (TPSA) is 55.8 Å². The maximum absolute atomic E-state index is 11.0. The zero-order chi connectivity index (χ0) is 12.4. The first-order valence-electron chi connectivity index (χ1n) is 5.36. The van der Waals surface area contributed by atoms with Crippen LogP contribution in [0.3, 0.4) is 0 Å². The second kappa shape index (κ2) is 8.97. The number of carbonyl (C=O) groups is 1. The van der Waals surface area contributed by atoms with Gasteiger partial charge in [0.2, 0.25) is 0 Å². The first-order valence-corrected chi connectivity index (χ1v) is 5.36. The molecule has 1 atom stereocenters. The maximum atomic E-state index is 11.0. The van der Waals surface area contributed by atoms with Crippen LogP contribution in [0.15, 0.2) is 24.5 Å². The van der Waals surface area contributed by atoms with Crippen molar-refractivity contribution in [2.24, 2.45) is 0 Å². The van der Waals surface area contributed by atoms with E-state index in [0.29, 0.717) is 19.4 Å². The van der Waals surface area contributed by atoms with Crippen LogP contribution in [0.25, 0.3) is 0 Å². The molecule has 1 N–H and O–H groups in total. The number of aliphatic hydroxyl groups excluding tert-OH is 1. The molecule has 0 spiro atoms. The van der Waals surface area contributed by atoms with E-state index >= 15 is 0 Å². The predicted octanol–water partition coefficient (Wildman–Crippen LogP) is 1.80. The zero-order valence-electron chi connectivity index (χ0n) is 9.94. The monoisotopic (exact) mass is 228 g/mol. The lowest BCUT2D eigenvalue weighted by atomic mass is 10.1. The molecule has 16 heavy (non-hydrogen) atoms. The van der Waals surface area contributed by atoms with Gasteiger partial charge in [-0.25, -0.2) is 4.79 Å². The molecule has 0 aliphatic carbocycles. The first kappa shape index (κ1) is 14.7. The Labute approximate surface area is 96.6 Å². The van der Waals surface area contributed by atoms with Gasteiger partial charge in [0.15, 0.2) is 0 Å². The molecule has 4 heteroatoms. The Kier molecular flexibility index (Phi) is 8.25. The van der Waals surface area contributed by atoms with E-state index in [1.807, 2.05) is 6.92 Å². The summed E-state index contributed by atoms with van der Waals surface area (Å²) in [6.07, 6.45) is 3.70. The Morgan fingerprint density at radius 3 is 2.75 bits per heavy atom. The van der Waals surface area contributed by atoms with Crippen LogP contribution in [-0.2, 0) is 14.3 Å². The van der Waals surface area contributed by atoms with Gasteiger partial charge < -0.3 is 14.6 Å². The van der Waals surface area contributed by atoms with Crippen LogP contribution >= 0.6 is 0 Å². The molecule has 0 saturated carbocycles. The first-order chi connectivity index (χ1) is 7.61. The van der Waals surface area contributed by atoms with Crippen LogP contribution in [0.2, 0.25) is 0 Å². The summed E-state index contributed by atoms with van der Waals surface area (Å²) in [7, 11) is 0. The Hall–Kier alpha value is -1.29. The van der Waals surface area contributed by atoms with Crippen molar-refractivity contribution >= 4 is 5.97 Å². The molecule has 0 heterocycles. The maximum Gasteiger partial charge on any atom is 0.333 e. The van der Waals surface area contributed by atoms with E-state index in [2.05, 4.69) is 6.58 Å². The van der Waals surface area contributed by atoms with Gasteiger partial charge in [0.1, 0.15) is 6.10 Å². The minimum Gasteiger partial charge on any atom is -0.493 e. The molecule has 4 nitrogen and oxygen atoms in total. The quantitative estimate of drug-likeness (QED) is 0.298. The van der Waals surface area contributed by atoms with Crippen molar-refractivity contribution in [1.82, 2.24) is 0 Å². The standard InChI is InChI=1S/C12H20O4/c1-4-15-12(14)7-9-16-11(10(2)3)6-5-8-13/h7,9,11,13H,2,4-6,8H2,1,3H3/b9-7+. The highest BCUT2D eigenvalue weighted by Crippen LogP contribution is 2.11. The number of esters is 1. The van der Waals surface area contributed by atoms with E-state index in [1.54, 1.807) is 6.92 Å². The minimum atomic E-state index is -0.426. The fourth-order valence-electron chi connectivity index (χ4n) is 1.09. The zero-order valence-corrected chi connectivity index (χ0v) is 9.94. The number of ether oxygens (including phenoxy) is 2. The Bertz CT molecular complexity index is 245. The van der Waals surface area contributed by atoms with Crippen molar-refractivity contribution in [1.29, 1.82) is 0 Å². The third kappa shape index (κ3) is 7.06. The number of hydrogen-bond acceptors (Lipinski definition) is 4. The lowest BCUT2D eigenvalue weighted by Crippen LogP contribution is -2.12. The van der Waals surface area contributed by atoms with Gasteiger partial charge >= 0.3 is 5.97 Å². The summed E-state index contributed by atoms with van der Waals surface area (Å²) in [4.78, 5) is 11.0. The van der Waals surface area contributed by atoms with E-state index in [9.17, 15) is 4.79 Å². The van der Waals surface area contributed by atoms with Crippen LogP contribution in [0.5, 0.6) is 0 Å². The average Bonchev–Trinajstić information content (AvgIpc) is 2.23. The lowest BCUT2D eigenvalue weighted by molar-refractivity contribution is -0.137. The van der Waals surface area contributed by atoms with E-state index < -0.39 is 5.97 Å². The van der Waals surface area contributed by atoms with Gasteiger partial charge in [0.05, 0.1) is 18.9 Å². The summed E-state index contributed by atoms with van der Waals surface area (Å²) < 4.78 is 10.0. The number of aliphatic hydroxyl groups is 1. The number of carbonyl (C=O) groups excluding carboxylic acids is 1. The van der Waals surface area contributed by atoms with Crippen LogP contribution in [0.4, 0.5) is 0 Å². The predicted molar refractivity (Wildman–Crippen MR) is 61.8 cm³/mol. The van der Waals surface area contributed by atoms with Gasteiger partial charge in [0.25, 0.3) is 0 Å². The Morgan fingerprint density at radius 1 is 1.56 bits per heavy atom. The minimum absolute atomic E-state index is 0.120. The molecule has 0 fully saturated rings. The molecule has 0 aromatic rings. The average molecular weight is 228 g/mol. The van der Waals surface area contributed by atoms with E-state index in [-0.39, 0.29) is 12.7 Å². The molecule has 0 aromatic carbocycles. The third-order valence-corrected chi connectivity index (χ3v) is 1.91. The molecule has 1 unspecified atom stereocenters. The molecule has 0 saturated heterocycles. The van der Waals surface area contributed by atoms with Crippen molar-refractivity contribution < 1.29 is 19.4 Å². The summed E-state index contributed by atoms with van der Waals surface area (Å²) in [5.41, 5.74) is 0.863. The Morgan fingerprint density at radius 2 is 2.25 bits per heavy atom. The van der Waals surface area contributed by atoms with Gasteiger partial charge in [-0.1, -0.05) is 6.58 Å². The van der Waals surface area contributed by atoms with Gasteiger partial charge in [-0.05, 0) is 32.3 Å². The van der Waals surface area contributed by atoms with Gasteiger partial charge in [-0.3, -0.25) is 0 Å². The van der Waals surface area contributed by atoms with Gasteiger partial charge in [-0.2, -0.15) is 0 Å². The van der Waals surface area contributed by atoms with E-state index in [4.69, 9.17) is 14.6 Å². The van der Waals surface area contributed by atoms with Crippen LogP contribution in [0.1, 0.15) is 26.7 Å². The molecule has 0 bridgehead atoms. The van der Waals surface area contributed by atoms with Crippen LogP contribution < -0.4 is 0 Å². The van der Waals surface area contributed by atoms with E-state index in [0.717, 1.165) is 5.57 Å². The highest BCUT2D eigenvalue weighted by atomic mass is 16.5. The van der Waals surface area contributed by atoms with Crippen molar-refractivity contribution in [3.05, 3.63) is 24.5 Å². The normalized spacial score (nSPS) is 12.4. The van der Waals surface area contributed by atoms with Crippen LogP contribution in [-0.4, -0.2) is 30.4 Å².